The van der Waals surface area contributed by atoms with Crippen molar-refractivity contribution in [2.75, 3.05) is 7.11 Å². The summed E-state index contributed by atoms with van der Waals surface area (Å²) in [5, 5.41) is 0.868. The quantitative estimate of drug-likeness (QED) is 0.599. The Morgan fingerprint density at radius 1 is 1.40 bits per heavy atom. The molecule has 1 aromatic heterocycles. The Kier molecular flexibility index (Phi) is 4.56. The number of aldehydes is 1. The van der Waals surface area contributed by atoms with Gasteiger partial charge in [-0.1, -0.05) is 38.0 Å². The number of aromatic nitrogens is 1. The van der Waals surface area contributed by atoms with E-state index in [0.717, 1.165) is 30.0 Å². The molecule has 0 fully saturated rings. The number of methoxy groups -OCH3 is 1. The van der Waals surface area contributed by atoms with Crippen LogP contribution in [0.2, 0.25) is 0 Å². The van der Waals surface area contributed by atoms with Gasteiger partial charge in [-0.15, -0.1) is 0 Å². The van der Waals surface area contributed by atoms with Crippen molar-refractivity contribution in [3.63, 3.8) is 0 Å². The lowest BCUT2D eigenvalue weighted by Gasteiger charge is -2.17. The number of fused-ring (bicyclic) bond motifs is 1. The number of hydrogen-bond donors (Lipinski definition) is 0. The summed E-state index contributed by atoms with van der Waals surface area (Å²) in [6.45, 7) is 2.08. The van der Waals surface area contributed by atoms with Crippen LogP contribution in [0.15, 0.2) is 30.5 Å². The van der Waals surface area contributed by atoms with Crippen LogP contribution in [0, 0.1) is 0 Å². The molecule has 4 nitrogen and oxygen atoms in total. The highest BCUT2D eigenvalue weighted by molar-refractivity contribution is 5.98. The maximum atomic E-state index is 12.0. The third kappa shape index (κ3) is 2.59. The average molecular weight is 273 g/mol. The van der Waals surface area contributed by atoms with Gasteiger partial charge in [0, 0.05) is 22.7 Å². The van der Waals surface area contributed by atoms with Crippen molar-refractivity contribution in [3.05, 3.63) is 36.0 Å². The summed E-state index contributed by atoms with van der Waals surface area (Å²) in [6, 6.07) is 7.23. The molecule has 0 spiro atoms. The van der Waals surface area contributed by atoms with Crippen molar-refractivity contribution in [1.29, 1.82) is 0 Å². The minimum absolute atomic E-state index is 0.267. The highest BCUT2D eigenvalue weighted by atomic mass is 16.5. The van der Waals surface area contributed by atoms with Gasteiger partial charge in [-0.25, -0.2) is 4.79 Å². The number of rotatable bonds is 6. The van der Waals surface area contributed by atoms with Crippen LogP contribution < -0.4 is 0 Å². The Bertz CT molecular complexity index is 615. The molecule has 0 N–H and O–H groups in total. The summed E-state index contributed by atoms with van der Waals surface area (Å²) in [7, 11) is 1.40. The van der Waals surface area contributed by atoms with Crippen molar-refractivity contribution in [3.8, 4) is 0 Å². The summed E-state index contributed by atoms with van der Waals surface area (Å²) >= 11 is 0. The molecule has 0 amide bonds. The molecule has 20 heavy (non-hydrogen) atoms. The Labute approximate surface area is 118 Å². The third-order valence-corrected chi connectivity index (χ3v) is 3.54. The second-order valence-electron chi connectivity index (χ2n) is 4.81. The standard InChI is InChI=1S/C16H19NO3/c1-3-4-8-15(16(19)20-2)17-10-12(11-18)13-7-5-6-9-14(13)17/h5-7,9-11,15H,3-4,8H2,1-2H3. The van der Waals surface area contributed by atoms with Crippen LogP contribution in [-0.2, 0) is 9.53 Å². The van der Waals surface area contributed by atoms with E-state index in [1.165, 1.54) is 7.11 Å². The fourth-order valence-electron chi connectivity index (χ4n) is 2.49. The molecule has 0 aliphatic rings. The number of benzene rings is 1. The Morgan fingerprint density at radius 3 is 2.80 bits per heavy atom. The molecule has 1 heterocycles. The predicted molar refractivity (Wildman–Crippen MR) is 77.9 cm³/mol. The van der Waals surface area contributed by atoms with E-state index >= 15 is 0 Å². The van der Waals surface area contributed by atoms with Crippen molar-refractivity contribution >= 4 is 23.2 Å². The Hall–Kier alpha value is -2.10. The van der Waals surface area contributed by atoms with Crippen LogP contribution in [0.5, 0.6) is 0 Å². The molecule has 4 heteroatoms. The Morgan fingerprint density at radius 2 is 2.15 bits per heavy atom. The number of para-hydroxylation sites is 1. The lowest BCUT2D eigenvalue weighted by atomic mass is 10.1. The molecule has 1 unspecified atom stereocenters. The van der Waals surface area contributed by atoms with Crippen molar-refractivity contribution in [2.45, 2.75) is 32.2 Å². The topological polar surface area (TPSA) is 48.3 Å². The first-order valence-electron chi connectivity index (χ1n) is 6.85. The van der Waals surface area contributed by atoms with Crippen LogP contribution in [0.4, 0.5) is 0 Å². The lowest BCUT2D eigenvalue weighted by Crippen LogP contribution is -2.20. The lowest BCUT2D eigenvalue weighted by molar-refractivity contribution is -0.144. The van der Waals surface area contributed by atoms with E-state index in [1.807, 2.05) is 28.8 Å². The summed E-state index contributed by atoms with van der Waals surface area (Å²) in [6.07, 6.45) is 5.22. The third-order valence-electron chi connectivity index (χ3n) is 3.54. The van der Waals surface area contributed by atoms with E-state index in [0.29, 0.717) is 12.0 Å². The SMILES string of the molecule is CCCCC(C(=O)OC)n1cc(C=O)c2ccccc21. The number of carbonyl (C=O) groups excluding carboxylic acids is 2. The number of nitrogens with zero attached hydrogens (tertiary/aromatic N) is 1. The van der Waals surface area contributed by atoms with Gasteiger partial charge in [0.25, 0.3) is 0 Å². The summed E-state index contributed by atoms with van der Waals surface area (Å²) in [5.74, 6) is -0.267. The first kappa shape index (κ1) is 14.3. The zero-order valence-corrected chi connectivity index (χ0v) is 11.8. The van der Waals surface area contributed by atoms with Gasteiger partial charge in [0.1, 0.15) is 6.04 Å². The summed E-state index contributed by atoms with van der Waals surface area (Å²) < 4.78 is 6.77. The number of esters is 1. The molecule has 2 rings (SSSR count). The molecule has 0 aliphatic carbocycles. The zero-order chi connectivity index (χ0) is 14.5. The van der Waals surface area contributed by atoms with E-state index in [-0.39, 0.29) is 12.0 Å². The summed E-state index contributed by atoms with van der Waals surface area (Å²) in [5.41, 5.74) is 1.49. The minimum Gasteiger partial charge on any atom is -0.467 e. The second kappa shape index (κ2) is 6.37. The molecule has 0 saturated heterocycles. The molecular weight excluding hydrogens is 254 g/mol. The van der Waals surface area contributed by atoms with Crippen molar-refractivity contribution in [2.24, 2.45) is 0 Å². The maximum Gasteiger partial charge on any atom is 0.328 e. The molecule has 0 saturated carbocycles. The van der Waals surface area contributed by atoms with Crippen molar-refractivity contribution in [1.82, 2.24) is 4.57 Å². The number of carbonyl (C=O) groups is 2. The Balaban J connectivity index is 2.52. The second-order valence-corrected chi connectivity index (χ2v) is 4.81. The van der Waals surface area contributed by atoms with Gasteiger partial charge in [0.2, 0.25) is 0 Å². The highest BCUT2D eigenvalue weighted by Crippen LogP contribution is 2.27. The van der Waals surface area contributed by atoms with Gasteiger partial charge < -0.3 is 9.30 Å². The fraction of sp³-hybridized carbons (Fsp3) is 0.375. The molecule has 1 aromatic carbocycles. The maximum absolute atomic E-state index is 12.0. The van der Waals surface area contributed by atoms with E-state index in [2.05, 4.69) is 6.92 Å². The van der Waals surface area contributed by atoms with Gasteiger partial charge in [0.15, 0.2) is 6.29 Å². The molecule has 1 atom stereocenters. The number of ether oxygens (including phenoxy) is 1. The van der Waals surface area contributed by atoms with Crippen LogP contribution in [0.25, 0.3) is 10.9 Å². The van der Waals surface area contributed by atoms with Gasteiger partial charge >= 0.3 is 5.97 Å². The van der Waals surface area contributed by atoms with Gasteiger partial charge in [-0.2, -0.15) is 0 Å². The average Bonchev–Trinajstić information content (AvgIpc) is 2.86. The van der Waals surface area contributed by atoms with Gasteiger partial charge in [-0.3, -0.25) is 4.79 Å². The number of hydrogen-bond acceptors (Lipinski definition) is 3. The van der Waals surface area contributed by atoms with Crippen LogP contribution >= 0.6 is 0 Å². The van der Waals surface area contributed by atoms with E-state index in [9.17, 15) is 9.59 Å². The monoisotopic (exact) mass is 273 g/mol. The molecule has 0 aliphatic heterocycles. The molecule has 106 valence electrons. The zero-order valence-electron chi connectivity index (χ0n) is 11.8. The van der Waals surface area contributed by atoms with E-state index in [1.54, 1.807) is 6.20 Å². The smallest absolute Gasteiger partial charge is 0.328 e. The van der Waals surface area contributed by atoms with E-state index < -0.39 is 0 Å². The van der Waals surface area contributed by atoms with Crippen LogP contribution in [0.3, 0.4) is 0 Å². The molecular formula is C16H19NO3. The first-order chi connectivity index (χ1) is 9.72. The van der Waals surface area contributed by atoms with E-state index in [4.69, 9.17) is 4.74 Å². The molecule has 0 bridgehead atoms. The number of unbranched alkanes of at least 4 members (excludes halogenated alkanes) is 1. The molecule has 0 radical (unpaired) electrons. The first-order valence-corrected chi connectivity index (χ1v) is 6.85. The van der Waals surface area contributed by atoms with Crippen LogP contribution in [0.1, 0.15) is 42.6 Å². The highest BCUT2D eigenvalue weighted by Gasteiger charge is 2.23. The largest absolute Gasteiger partial charge is 0.467 e. The summed E-state index contributed by atoms with van der Waals surface area (Å²) in [4.78, 5) is 23.2. The normalized spacial score (nSPS) is 12.3. The van der Waals surface area contributed by atoms with Gasteiger partial charge in [-0.05, 0) is 12.5 Å². The minimum atomic E-state index is -0.376. The van der Waals surface area contributed by atoms with Gasteiger partial charge in [0.05, 0.1) is 7.11 Å². The fourth-order valence-corrected chi connectivity index (χ4v) is 2.49. The predicted octanol–water partition coefficient (Wildman–Crippen LogP) is 3.36. The van der Waals surface area contributed by atoms with Crippen molar-refractivity contribution < 1.29 is 14.3 Å². The molecule has 2 aromatic rings. The van der Waals surface area contributed by atoms with Crippen LogP contribution in [-0.4, -0.2) is 23.9 Å².